The Balaban J connectivity index is 0.000000297. The minimum atomic E-state index is -6.22. The molecule has 12 aliphatic carbocycles. The summed E-state index contributed by atoms with van der Waals surface area (Å²) in [5.41, 5.74) is 2.43. The van der Waals surface area contributed by atoms with E-state index in [1.54, 1.807) is 0 Å². The molecule has 12 saturated carbocycles. The van der Waals surface area contributed by atoms with Crippen LogP contribution >= 0.6 is 0 Å². The van der Waals surface area contributed by atoms with Gasteiger partial charge in [0.1, 0.15) is 0 Å². The van der Waals surface area contributed by atoms with E-state index >= 15 is 0 Å². The first-order valence-electron chi connectivity index (χ1n) is 37.6. The van der Waals surface area contributed by atoms with Gasteiger partial charge in [0.2, 0.25) is 0 Å². The summed E-state index contributed by atoms with van der Waals surface area (Å²) >= 11 is 0. The molecule has 0 heterocycles. The number of hydrogen-bond donors (Lipinski definition) is 1. The quantitative estimate of drug-likeness (QED) is 0.0187. The largest absolute Gasteiger partial charge is 1.00 e. The molecule has 18 rings (SSSR count). The number of alkyl halides is 8. The molecule has 0 atom stereocenters. The van der Waals surface area contributed by atoms with Crippen LogP contribution in [-0.2, 0) is 90.4 Å². The Bertz CT molecular complexity index is 4300. The Labute approximate surface area is 779 Å². The second kappa shape index (κ2) is 46.1. The van der Waals surface area contributed by atoms with Crippen LogP contribution < -0.4 is 106 Å². The van der Waals surface area contributed by atoms with Crippen molar-refractivity contribution in [1.29, 1.82) is 0 Å². The third-order valence-electron chi connectivity index (χ3n) is 22.8. The molecule has 18 nitrogen and oxygen atoms in total. The van der Waals surface area contributed by atoms with Crippen molar-refractivity contribution in [1.82, 2.24) is 0 Å². The molecule has 0 radical (unpaired) electrons. The predicted octanol–water partition coefficient (Wildman–Crippen LogP) is 5.52. The summed E-state index contributed by atoms with van der Waals surface area (Å²) in [5, 5.41) is -5.68. The van der Waals surface area contributed by atoms with Gasteiger partial charge in [0, 0.05) is 24.4 Å². The monoisotopic (exact) mass is 1870 g/mol. The number of hydrogen-bond acceptors (Lipinski definition) is 18. The first-order valence-corrected chi connectivity index (χ1v) is 44.3. The maximum atomic E-state index is 13.1. The molecule has 12 aliphatic rings. The Morgan fingerprint density at radius 2 is 0.625 bits per heavy atom. The molecule has 120 heavy (non-hydrogen) atoms. The van der Waals surface area contributed by atoms with Gasteiger partial charge >= 0.3 is 144 Å². The van der Waals surface area contributed by atoms with Gasteiger partial charge in [0.05, 0.1) is 49.2 Å². The first-order chi connectivity index (χ1) is 54.0. The summed E-state index contributed by atoms with van der Waals surface area (Å²) < 4.78 is 206. The molecule has 0 unspecified atom stereocenters. The van der Waals surface area contributed by atoms with Crippen LogP contribution in [0, 0.1) is 69.5 Å². The molecule has 0 aliphatic heterocycles. The van der Waals surface area contributed by atoms with Crippen molar-refractivity contribution < 1.29 is 228 Å². The van der Waals surface area contributed by atoms with Gasteiger partial charge in [0.25, 0.3) is 0 Å². The number of aliphatic hydroxyl groups excluding tert-OH is 1. The van der Waals surface area contributed by atoms with Crippen LogP contribution in [0.3, 0.4) is 0 Å². The molecule has 6 aromatic rings. The maximum absolute atomic E-state index is 13.1. The minimum absolute atomic E-state index is 0. The van der Waals surface area contributed by atoms with Crippen LogP contribution in [-0.4, -0.2) is 125 Å². The number of ether oxygens (including phenoxy) is 4. The number of rotatable bonds is 20. The van der Waals surface area contributed by atoms with E-state index in [9.17, 15) is 97.7 Å². The van der Waals surface area contributed by atoms with Crippen molar-refractivity contribution in [3.8, 4) is 0 Å². The minimum Gasteiger partial charge on any atom is -1.00 e. The van der Waals surface area contributed by atoms with E-state index < -0.39 is 76.0 Å². The maximum Gasteiger partial charge on any atom is 1.00 e. The van der Waals surface area contributed by atoms with Crippen molar-refractivity contribution in [3.05, 3.63) is 194 Å². The van der Waals surface area contributed by atoms with Gasteiger partial charge in [-0.2, -0.15) is 43.5 Å². The summed E-state index contributed by atoms with van der Waals surface area (Å²) in [7, 11) is -17.3. The fourth-order valence-electron chi connectivity index (χ4n) is 19.1. The fourth-order valence-corrected chi connectivity index (χ4v) is 24.1. The Morgan fingerprint density at radius 3 is 0.817 bits per heavy atom. The van der Waals surface area contributed by atoms with Crippen LogP contribution in [0.1, 0.15) is 134 Å². The zero-order valence-corrected chi connectivity index (χ0v) is 79.2. The average molecular weight is 1870 g/mol. The second-order valence-electron chi connectivity index (χ2n) is 31.7. The number of methoxy groups -OCH3 is 2. The van der Waals surface area contributed by atoms with Gasteiger partial charge in [-0.25, -0.2) is 36.0 Å². The zero-order valence-electron chi connectivity index (χ0n) is 67.5. The molecule has 2 N–H and O–H groups in total. The summed E-state index contributed by atoms with van der Waals surface area (Å²) in [5.74, 6) is -4.92. The third-order valence-corrected chi connectivity index (χ3v) is 29.7. The van der Waals surface area contributed by atoms with Gasteiger partial charge < -0.3 is 55.6 Å². The van der Waals surface area contributed by atoms with E-state index in [0.717, 1.165) is 104 Å². The SMILES string of the molecule is C=Cc1ccc([S+](c2ccccc2)c2ccccc2)cc1.C=Cc1ccc([S+](c2ccccc2)c2ccccc2)cc1.CC(F)(F)C(=O)OCC12CC3CC(CC(C3)C1)C2.COC(=O)C(F)(F)S(=O)(=O)F.COC(=O)C(F)(F)S(=O)(=O)[O-].O=C(OCC12CC3CC(CC(C3)C1)C2)C(F)(F)S(=O)(=O)[O-].OCC12CC3CC(CC(C3)C1)C2.[Br-].[Na+].[Na+].[Na+].[OH-]. The van der Waals surface area contributed by atoms with Crippen molar-refractivity contribution in [2.75, 3.05) is 34.0 Å². The molecule has 0 spiro atoms. The molecule has 12 bridgehead atoms. The molecule has 642 valence electrons. The molecular weight excluding hydrogens is 1780 g/mol. The van der Waals surface area contributed by atoms with Crippen molar-refractivity contribution >= 4 is 88.3 Å². The third kappa shape index (κ3) is 28.2. The van der Waals surface area contributed by atoms with Crippen LogP contribution in [0.25, 0.3) is 12.2 Å². The van der Waals surface area contributed by atoms with Crippen LogP contribution in [0.4, 0.5) is 39.0 Å². The topological polar surface area (TPSA) is 304 Å². The standard InChI is InChI=1S/2C20H17S.C14H20F2O2.C13H18F2O5S.C11H18O.C3H3F3O4S.C3H4F2O5S.BrH.3Na.H2O/c2*1-2-17-13-15-20(16-14-17)21(18-9-5-3-6-10-18)19-11-7-4-8-12-19;1-13(15,16)12(17)18-8-14-5-9-2-10(6-14)4-11(3-9)7-14;14-13(15,21(17,18)19)11(16)20-7-12-4-8-1-9(5-12)3-10(2-8)6-12;12-7-11-4-8-1-9(5-11)3-10(2-8)6-11;1-10-2(7)3(4,5)11(6,8)9;1-10-2(6)3(4,5)11(7,8)9;;;;;/h2*2-16H,1H2;9-11H,2-8H2,1H3;8-10H,1-7H2,(H,17,18,19);8-10,12H,1-7H2;1H3;1H3,(H,7,8,9);1H;;;;1H2/q2*+1;;;;;;;3*+1;/p-4. The smallest absolute Gasteiger partial charge is 1.00 e. The average Bonchev–Trinajstić information content (AvgIpc) is 0.760. The van der Waals surface area contributed by atoms with Gasteiger partial charge in [-0.15, -0.1) is 0 Å². The normalized spacial score (nSPS) is 24.7. The van der Waals surface area contributed by atoms with Gasteiger partial charge in [0.15, 0.2) is 49.6 Å². The molecule has 0 saturated heterocycles. The van der Waals surface area contributed by atoms with Crippen molar-refractivity contribution in [2.45, 2.75) is 174 Å². The van der Waals surface area contributed by atoms with E-state index in [2.05, 4.69) is 197 Å². The second-order valence-corrected chi connectivity index (χ2v) is 40.0. The number of aliphatic hydroxyl groups is 1. The van der Waals surface area contributed by atoms with Crippen molar-refractivity contribution in [2.24, 2.45) is 69.5 Å². The molecule has 12 fully saturated rings. The van der Waals surface area contributed by atoms with E-state index in [0.29, 0.717) is 50.9 Å². The molecule has 0 amide bonds. The van der Waals surface area contributed by atoms with Crippen LogP contribution in [0.15, 0.2) is 212 Å². The Morgan fingerprint density at radius 1 is 0.408 bits per heavy atom. The van der Waals surface area contributed by atoms with E-state index in [1.807, 2.05) is 12.2 Å². The van der Waals surface area contributed by atoms with E-state index in [1.165, 1.54) is 87.2 Å². The summed E-state index contributed by atoms with van der Waals surface area (Å²) in [6.45, 7) is 8.72. The molecular formula is C84H96BrF9Na3O18S5+. The summed E-state index contributed by atoms with van der Waals surface area (Å²) in [6, 6.07) is 60.1. The van der Waals surface area contributed by atoms with Crippen molar-refractivity contribution in [3.63, 3.8) is 0 Å². The zero-order chi connectivity index (χ0) is 84.2. The van der Waals surface area contributed by atoms with Gasteiger partial charge in [-0.1, -0.05) is 102 Å². The first kappa shape index (κ1) is 108. The molecule has 0 aromatic heterocycles. The Hall–Kier alpha value is -4.08. The number of benzene rings is 6. The number of carbonyl (C=O) groups excluding carboxylic acids is 4. The summed E-state index contributed by atoms with van der Waals surface area (Å²) in [4.78, 5) is 50.3. The van der Waals surface area contributed by atoms with Crippen LogP contribution in [0.5, 0.6) is 0 Å². The van der Waals surface area contributed by atoms with Gasteiger partial charge in [-0.05, 0) is 282 Å². The molecule has 6 aromatic carbocycles. The van der Waals surface area contributed by atoms with Crippen LogP contribution in [0.2, 0.25) is 0 Å². The van der Waals surface area contributed by atoms with E-state index in [-0.39, 0.29) is 157 Å². The predicted molar refractivity (Wildman–Crippen MR) is 415 cm³/mol. The fraction of sp³-hybridized carbons (Fsp3) is 0.476. The summed E-state index contributed by atoms with van der Waals surface area (Å²) in [6.07, 6.45) is 25.3. The number of carbonyl (C=O) groups is 4. The Kier molecular flexibility index (Phi) is 41.6. The number of esters is 4. The number of halogens is 10. The van der Waals surface area contributed by atoms with E-state index in [4.69, 9.17) is 4.74 Å². The molecule has 36 heteroatoms. The van der Waals surface area contributed by atoms with Gasteiger partial charge in [-0.3, -0.25) is 0 Å².